The van der Waals surface area contributed by atoms with E-state index >= 15 is 0 Å². The molecule has 4 rings (SSSR count). The van der Waals surface area contributed by atoms with Crippen LogP contribution < -0.4 is 14.8 Å². The molecule has 8 nitrogen and oxygen atoms in total. The molecule has 1 unspecified atom stereocenters. The first-order chi connectivity index (χ1) is 16.9. The van der Waals surface area contributed by atoms with Crippen molar-refractivity contribution in [2.24, 2.45) is 0 Å². The van der Waals surface area contributed by atoms with Crippen molar-refractivity contribution in [1.29, 1.82) is 5.26 Å². The van der Waals surface area contributed by atoms with Crippen molar-refractivity contribution in [3.8, 4) is 22.9 Å². The molecule has 3 heterocycles. The molecule has 1 aromatic carbocycles. The van der Waals surface area contributed by atoms with Gasteiger partial charge in [-0.15, -0.1) is 0 Å². The molecule has 1 saturated heterocycles. The van der Waals surface area contributed by atoms with Crippen LogP contribution in [-0.4, -0.2) is 49.0 Å². The molecule has 9 heteroatoms. The van der Waals surface area contributed by atoms with Crippen LogP contribution in [-0.2, 0) is 16.5 Å². The smallest absolute Gasteiger partial charge is 0.138 e. The number of aromatic nitrogens is 2. The number of piperidine rings is 1. The normalized spacial score (nSPS) is 17.0. The van der Waals surface area contributed by atoms with Crippen molar-refractivity contribution in [1.82, 2.24) is 19.7 Å². The van der Waals surface area contributed by atoms with Gasteiger partial charge >= 0.3 is 0 Å². The quantitative estimate of drug-likeness (QED) is 0.448. The van der Waals surface area contributed by atoms with Gasteiger partial charge in [-0.2, -0.15) is 10.4 Å². The third kappa shape index (κ3) is 5.62. The average molecular weight is 510 g/mol. The number of fused-ring (bicyclic) bond motifs is 1. The molecule has 1 atom stereocenters. The lowest BCUT2D eigenvalue weighted by Crippen LogP contribution is -2.53. The van der Waals surface area contributed by atoms with Crippen LogP contribution in [0.4, 0.5) is 0 Å². The number of nitrogens with one attached hydrogen (secondary N) is 2. The Hall–Kier alpha value is -2.77. The van der Waals surface area contributed by atoms with E-state index in [0.717, 1.165) is 42.6 Å². The molecule has 1 fully saturated rings. The zero-order chi connectivity index (χ0) is 26.1. The molecule has 1 aliphatic rings. The summed E-state index contributed by atoms with van der Waals surface area (Å²) in [5.41, 5.74) is 2.62. The van der Waals surface area contributed by atoms with Crippen LogP contribution in [0.3, 0.4) is 0 Å². The topological polar surface area (TPSA) is 112 Å². The fourth-order valence-corrected chi connectivity index (χ4v) is 5.32. The standard InChI is InChI=1S/C27H35N5O3S/c1-25(2,3)36(34)31-27(10-12-29-13-11-27)21-8-6-19(7-9-21)23-14-22(35-18-26(4,5)33)17-32-24(23)20(15-28)16-30-32/h6-9,14,16-17,29,31,33H,10-13,18H2,1-5H3. The van der Waals surface area contributed by atoms with Gasteiger partial charge in [0, 0.05) is 5.56 Å². The molecule has 0 amide bonds. The van der Waals surface area contributed by atoms with Crippen molar-refractivity contribution < 1.29 is 14.1 Å². The van der Waals surface area contributed by atoms with Gasteiger partial charge in [-0.05, 0) is 77.7 Å². The molecular formula is C27H35N5O3S. The number of hydrogen-bond acceptors (Lipinski definition) is 6. The lowest BCUT2D eigenvalue weighted by Gasteiger charge is -2.40. The Morgan fingerprint density at radius 2 is 1.89 bits per heavy atom. The van der Waals surface area contributed by atoms with E-state index in [9.17, 15) is 14.6 Å². The summed E-state index contributed by atoms with van der Waals surface area (Å²) in [5.74, 6) is 0.549. The molecule has 36 heavy (non-hydrogen) atoms. The summed E-state index contributed by atoms with van der Waals surface area (Å²) in [5, 5.41) is 27.5. The highest BCUT2D eigenvalue weighted by molar-refractivity contribution is 7.84. The second kappa shape index (κ2) is 9.94. The third-order valence-corrected chi connectivity index (χ3v) is 8.04. The monoisotopic (exact) mass is 509 g/mol. The van der Waals surface area contributed by atoms with Gasteiger partial charge in [-0.1, -0.05) is 24.3 Å². The van der Waals surface area contributed by atoms with Gasteiger partial charge in [0.25, 0.3) is 0 Å². The van der Waals surface area contributed by atoms with Crippen molar-refractivity contribution in [2.45, 2.75) is 63.3 Å². The van der Waals surface area contributed by atoms with E-state index in [4.69, 9.17) is 4.74 Å². The van der Waals surface area contributed by atoms with Crippen molar-refractivity contribution in [2.75, 3.05) is 19.7 Å². The van der Waals surface area contributed by atoms with Gasteiger partial charge < -0.3 is 15.2 Å². The van der Waals surface area contributed by atoms with Crippen LogP contribution >= 0.6 is 0 Å². The van der Waals surface area contributed by atoms with Gasteiger partial charge in [-0.3, -0.25) is 0 Å². The Kier molecular flexibility index (Phi) is 7.26. The summed E-state index contributed by atoms with van der Waals surface area (Å²) >= 11 is 0. The van der Waals surface area contributed by atoms with Crippen LogP contribution in [0.5, 0.6) is 5.75 Å². The number of nitrogens with zero attached hydrogens (tertiary/aromatic N) is 3. The molecule has 3 aromatic rings. The molecule has 0 aliphatic carbocycles. The van der Waals surface area contributed by atoms with E-state index in [1.54, 1.807) is 30.8 Å². The van der Waals surface area contributed by atoms with Crippen LogP contribution in [0.2, 0.25) is 0 Å². The van der Waals surface area contributed by atoms with Gasteiger partial charge in [-0.25, -0.2) is 13.4 Å². The Morgan fingerprint density at radius 3 is 2.47 bits per heavy atom. The Morgan fingerprint density at radius 1 is 1.22 bits per heavy atom. The second-order valence-corrected chi connectivity index (χ2v) is 13.0. The molecule has 3 N–H and O–H groups in total. The minimum atomic E-state index is -1.21. The molecule has 0 radical (unpaired) electrons. The van der Waals surface area contributed by atoms with Crippen LogP contribution in [0, 0.1) is 11.3 Å². The maximum atomic E-state index is 13.1. The fraction of sp³-hybridized carbons (Fsp3) is 0.481. The van der Waals surface area contributed by atoms with E-state index in [2.05, 4.69) is 33.3 Å². The van der Waals surface area contributed by atoms with E-state index in [0.29, 0.717) is 16.8 Å². The predicted molar refractivity (Wildman–Crippen MR) is 142 cm³/mol. The van der Waals surface area contributed by atoms with Crippen molar-refractivity contribution in [3.05, 3.63) is 53.9 Å². The lowest BCUT2D eigenvalue weighted by molar-refractivity contribution is 0.0283. The van der Waals surface area contributed by atoms with Gasteiger partial charge in [0.05, 0.1) is 50.3 Å². The summed E-state index contributed by atoms with van der Waals surface area (Å²) < 4.78 is 23.6. The summed E-state index contributed by atoms with van der Waals surface area (Å²) in [4.78, 5) is 0. The first-order valence-corrected chi connectivity index (χ1v) is 13.3. The van der Waals surface area contributed by atoms with Crippen molar-refractivity contribution in [3.63, 3.8) is 0 Å². The predicted octanol–water partition coefficient (Wildman–Crippen LogP) is 3.65. The highest BCUT2D eigenvalue weighted by Gasteiger charge is 2.37. The number of nitriles is 1. The van der Waals surface area contributed by atoms with E-state index < -0.39 is 16.6 Å². The van der Waals surface area contributed by atoms with Crippen LogP contribution in [0.15, 0.2) is 42.7 Å². The first-order valence-electron chi connectivity index (χ1n) is 12.2. The van der Waals surface area contributed by atoms with E-state index in [-0.39, 0.29) is 16.9 Å². The van der Waals surface area contributed by atoms with E-state index in [1.165, 1.54) is 0 Å². The summed E-state index contributed by atoms with van der Waals surface area (Å²) in [6, 6.07) is 12.3. The Labute approximate surface area is 215 Å². The average Bonchev–Trinajstić information content (AvgIpc) is 3.25. The SMILES string of the molecule is CC(C)(O)COc1cc(-c2ccc(C3(NS(=O)C(C)(C)C)CCNCC3)cc2)c2c(C#N)cnn2c1. The molecular weight excluding hydrogens is 474 g/mol. The molecule has 0 saturated carbocycles. The zero-order valence-corrected chi connectivity index (χ0v) is 22.4. The minimum absolute atomic E-state index is 0.121. The molecule has 0 bridgehead atoms. The maximum Gasteiger partial charge on any atom is 0.138 e. The Balaban J connectivity index is 1.74. The first kappa shape index (κ1) is 26.3. The number of benzene rings is 1. The maximum absolute atomic E-state index is 13.1. The van der Waals surface area contributed by atoms with Gasteiger partial charge in [0.15, 0.2) is 0 Å². The molecule has 1 aliphatic heterocycles. The summed E-state index contributed by atoms with van der Waals surface area (Å²) in [6.45, 7) is 11.1. The number of rotatable bonds is 7. The highest BCUT2D eigenvalue weighted by Crippen LogP contribution is 2.36. The van der Waals surface area contributed by atoms with Crippen LogP contribution in [0.1, 0.15) is 58.6 Å². The Bertz CT molecular complexity index is 1290. The van der Waals surface area contributed by atoms with Gasteiger partial charge in [0.2, 0.25) is 0 Å². The number of ether oxygens (including phenoxy) is 1. The third-order valence-electron chi connectivity index (χ3n) is 6.35. The molecule has 2 aromatic heterocycles. The number of pyridine rings is 1. The largest absolute Gasteiger partial charge is 0.489 e. The lowest BCUT2D eigenvalue weighted by atomic mass is 9.82. The van der Waals surface area contributed by atoms with Crippen molar-refractivity contribution >= 4 is 16.5 Å². The fourth-order valence-electron chi connectivity index (χ4n) is 4.34. The number of aliphatic hydroxyl groups is 1. The minimum Gasteiger partial charge on any atom is -0.489 e. The molecule has 0 spiro atoms. The van der Waals surface area contributed by atoms with E-state index in [1.807, 2.05) is 39.0 Å². The summed E-state index contributed by atoms with van der Waals surface area (Å²) in [7, 11) is -1.21. The molecule has 192 valence electrons. The van der Waals surface area contributed by atoms with Crippen LogP contribution in [0.25, 0.3) is 16.6 Å². The number of hydrogen-bond donors (Lipinski definition) is 3. The second-order valence-electron chi connectivity index (χ2n) is 11.0. The summed E-state index contributed by atoms with van der Waals surface area (Å²) in [6.07, 6.45) is 4.93. The zero-order valence-electron chi connectivity index (χ0n) is 21.6. The van der Waals surface area contributed by atoms with Gasteiger partial charge in [0.1, 0.15) is 18.4 Å². The highest BCUT2D eigenvalue weighted by atomic mass is 32.2.